The third kappa shape index (κ3) is 3.21. The zero-order valence-electron chi connectivity index (χ0n) is 20.8. The molecule has 0 aliphatic rings. The van der Waals surface area contributed by atoms with Gasteiger partial charge >= 0.3 is 0 Å². The van der Waals surface area contributed by atoms with Crippen LogP contribution in [-0.4, -0.2) is 8.07 Å². The molecule has 0 aliphatic heterocycles. The molecule has 0 saturated heterocycles. The Morgan fingerprint density at radius 1 is 0.528 bits per heavy atom. The Balaban J connectivity index is 1.59. The molecule has 7 aromatic rings. The standard InChI is InChI=1S/C34H26NSi/c1-36(2,3)20-19-23-15-17-24(18-16-23)25-21-32-28-11-6-4-9-26(28)30-13-8-14-31-27-10-5-7-12-29(27)33(22-25)35(32)34(30)31/h4-18,21-22H,1-3H3/q+1. The van der Waals surface area contributed by atoms with E-state index in [0.29, 0.717) is 0 Å². The molecule has 4 aromatic carbocycles. The lowest BCUT2D eigenvalue weighted by Crippen LogP contribution is -2.26. The van der Waals surface area contributed by atoms with Crippen LogP contribution in [0.15, 0.2) is 103 Å². The second-order valence-electron chi connectivity index (χ2n) is 10.7. The van der Waals surface area contributed by atoms with Crippen LogP contribution in [0.2, 0.25) is 19.6 Å². The van der Waals surface area contributed by atoms with Crippen molar-refractivity contribution in [2.45, 2.75) is 19.6 Å². The Morgan fingerprint density at radius 3 is 1.56 bits per heavy atom. The van der Waals surface area contributed by atoms with E-state index in [0.717, 1.165) is 5.56 Å². The van der Waals surface area contributed by atoms with E-state index in [9.17, 15) is 0 Å². The van der Waals surface area contributed by atoms with Crippen LogP contribution < -0.4 is 4.40 Å². The summed E-state index contributed by atoms with van der Waals surface area (Å²) in [6, 6.07) is 37.8. The fourth-order valence-electron chi connectivity index (χ4n) is 5.51. The Morgan fingerprint density at radius 2 is 1.03 bits per heavy atom. The number of benzene rings is 4. The van der Waals surface area contributed by atoms with Crippen LogP contribution in [0.5, 0.6) is 0 Å². The molecule has 0 fully saturated rings. The van der Waals surface area contributed by atoms with Crippen molar-refractivity contribution in [2.24, 2.45) is 0 Å². The van der Waals surface area contributed by atoms with E-state index in [-0.39, 0.29) is 0 Å². The van der Waals surface area contributed by atoms with Crippen LogP contribution in [0, 0.1) is 11.5 Å². The molecule has 0 bridgehead atoms. The van der Waals surface area contributed by atoms with E-state index >= 15 is 0 Å². The monoisotopic (exact) mass is 476 g/mol. The van der Waals surface area contributed by atoms with Gasteiger partial charge in [-0.2, -0.15) is 4.40 Å². The smallest absolute Gasteiger partial charge is 0.152 e. The highest BCUT2D eigenvalue weighted by molar-refractivity contribution is 6.83. The summed E-state index contributed by atoms with van der Waals surface area (Å²) in [5, 5.41) is 7.76. The van der Waals surface area contributed by atoms with E-state index in [1.807, 2.05) is 0 Å². The van der Waals surface area contributed by atoms with Crippen molar-refractivity contribution < 1.29 is 4.40 Å². The predicted molar refractivity (Wildman–Crippen MR) is 156 cm³/mol. The molecule has 0 atom stereocenters. The summed E-state index contributed by atoms with van der Waals surface area (Å²) in [6.45, 7) is 6.85. The Kier molecular flexibility index (Phi) is 4.49. The highest BCUT2D eigenvalue weighted by Gasteiger charge is 2.24. The number of fused-ring (bicyclic) bond motifs is 6. The first-order chi connectivity index (χ1) is 17.5. The van der Waals surface area contributed by atoms with Crippen LogP contribution in [0.25, 0.3) is 60.0 Å². The molecule has 1 nitrogen and oxygen atoms in total. The van der Waals surface area contributed by atoms with E-state index in [4.69, 9.17) is 0 Å². The minimum Gasteiger partial charge on any atom is -0.152 e. The zero-order chi connectivity index (χ0) is 24.4. The molecule has 0 unspecified atom stereocenters. The van der Waals surface area contributed by atoms with Gasteiger partial charge in [-0.25, -0.2) is 0 Å². The molecule has 0 amide bonds. The molecule has 3 heterocycles. The summed E-state index contributed by atoms with van der Waals surface area (Å²) in [7, 11) is -1.40. The first kappa shape index (κ1) is 21.1. The molecular weight excluding hydrogens is 450 g/mol. The predicted octanol–water partition coefficient (Wildman–Crippen LogP) is 8.37. The van der Waals surface area contributed by atoms with Crippen molar-refractivity contribution in [2.75, 3.05) is 0 Å². The molecule has 36 heavy (non-hydrogen) atoms. The zero-order valence-corrected chi connectivity index (χ0v) is 21.8. The van der Waals surface area contributed by atoms with Gasteiger partial charge in [-0.15, -0.1) is 5.54 Å². The summed E-state index contributed by atoms with van der Waals surface area (Å²) in [4.78, 5) is 0. The third-order valence-electron chi connectivity index (χ3n) is 7.11. The van der Waals surface area contributed by atoms with Crippen molar-refractivity contribution in [3.63, 3.8) is 0 Å². The highest BCUT2D eigenvalue weighted by atomic mass is 28.3. The van der Waals surface area contributed by atoms with Crippen molar-refractivity contribution in [1.29, 1.82) is 0 Å². The maximum atomic E-state index is 3.48. The number of para-hydroxylation sites is 1. The van der Waals surface area contributed by atoms with Gasteiger partial charge in [-0.1, -0.05) is 80.2 Å². The van der Waals surface area contributed by atoms with Crippen LogP contribution in [0.4, 0.5) is 0 Å². The fourth-order valence-corrected chi connectivity index (χ4v) is 6.03. The van der Waals surface area contributed by atoms with Gasteiger partial charge < -0.3 is 0 Å². The molecule has 3 aromatic heterocycles. The van der Waals surface area contributed by atoms with Gasteiger partial charge in [0.1, 0.15) is 8.07 Å². The van der Waals surface area contributed by atoms with Gasteiger partial charge in [0.2, 0.25) is 16.6 Å². The number of pyridine rings is 3. The number of nitrogens with zero attached hydrogens (tertiary/aromatic N) is 1. The second kappa shape index (κ2) is 7.65. The van der Waals surface area contributed by atoms with Crippen LogP contribution in [-0.2, 0) is 0 Å². The molecule has 0 aliphatic carbocycles. The second-order valence-corrected chi connectivity index (χ2v) is 15.5. The minimum atomic E-state index is -1.40. The van der Waals surface area contributed by atoms with Gasteiger partial charge in [0.05, 0.1) is 21.5 Å². The normalized spacial score (nSPS) is 12.1. The Bertz CT molecular complexity index is 1910. The largest absolute Gasteiger partial charge is 0.227 e. The van der Waals surface area contributed by atoms with E-state index < -0.39 is 8.07 Å². The summed E-state index contributed by atoms with van der Waals surface area (Å²) in [5.41, 5.74) is 10.8. The average Bonchev–Trinajstić information content (AvgIpc) is 2.91. The molecule has 170 valence electrons. The third-order valence-corrected chi connectivity index (χ3v) is 7.99. The van der Waals surface area contributed by atoms with Gasteiger partial charge in [-0.05, 0) is 47.5 Å². The number of rotatable bonds is 1. The Labute approximate surface area is 212 Å². The molecule has 0 saturated carbocycles. The SMILES string of the molecule is C[Si](C)(C)C#Cc1ccc(-c2cc3c4ccccc4c4cccc5c6ccccc6c(c2)[n+]3c45)cc1. The van der Waals surface area contributed by atoms with E-state index in [1.54, 1.807) is 0 Å². The quantitative estimate of drug-likeness (QED) is 0.0737. The first-order valence-corrected chi connectivity index (χ1v) is 16.0. The fraction of sp³-hybridized carbons (Fsp3) is 0.0882. The lowest BCUT2D eigenvalue weighted by atomic mass is 9.95. The molecule has 0 N–H and O–H groups in total. The van der Waals surface area contributed by atoms with E-state index in [2.05, 4.69) is 139 Å². The van der Waals surface area contributed by atoms with Crippen molar-refractivity contribution >= 4 is 56.9 Å². The maximum Gasteiger partial charge on any atom is 0.227 e. The van der Waals surface area contributed by atoms with Gasteiger partial charge in [0.25, 0.3) is 0 Å². The number of aromatic nitrogens is 1. The minimum absolute atomic E-state index is 1.09. The van der Waals surface area contributed by atoms with Gasteiger partial charge in [-0.3, -0.25) is 0 Å². The lowest BCUT2D eigenvalue weighted by molar-refractivity contribution is -0.448. The number of hydrogen-bond donors (Lipinski definition) is 0. The van der Waals surface area contributed by atoms with E-state index in [1.165, 1.54) is 60.0 Å². The van der Waals surface area contributed by atoms with Crippen molar-refractivity contribution in [1.82, 2.24) is 0 Å². The van der Waals surface area contributed by atoms with Crippen molar-refractivity contribution in [3.8, 4) is 22.6 Å². The topological polar surface area (TPSA) is 4.10 Å². The average molecular weight is 477 g/mol. The maximum absolute atomic E-state index is 3.48. The molecular formula is C34H26NSi+. The summed E-state index contributed by atoms with van der Waals surface area (Å²) >= 11 is 0. The lowest BCUT2D eigenvalue weighted by Gasteiger charge is -2.12. The summed E-state index contributed by atoms with van der Waals surface area (Å²) in [6.07, 6.45) is 0. The van der Waals surface area contributed by atoms with Crippen LogP contribution in [0.1, 0.15) is 5.56 Å². The molecule has 2 heteroatoms. The molecule has 0 spiro atoms. The van der Waals surface area contributed by atoms with Crippen molar-refractivity contribution in [3.05, 3.63) is 109 Å². The van der Waals surface area contributed by atoms with Crippen LogP contribution in [0.3, 0.4) is 0 Å². The molecule has 7 rings (SSSR count). The highest BCUT2D eigenvalue weighted by Crippen LogP contribution is 2.36. The van der Waals surface area contributed by atoms with Gasteiger partial charge in [0, 0.05) is 28.5 Å². The van der Waals surface area contributed by atoms with Gasteiger partial charge in [0.15, 0.2) is 0 Å². The summed E-state index contributed by atoms with van der Waals surface area (Å²) in [5.74, 6) is 3.39. The van der Waals surface area contributed by atoms with Crippen LogP contribution >= 0.6 is 0 Å². The summed E-state index contributed by atoms with van der Waals surface area (Å²) < 4.78 is 2.48. The first-order valence-electron chi connectivity index (χ1n) is 12.5. The Hall–Kier alpha value is -4.19. The molecule has 0 radical (unpaired) electrons. The number of hydrogen-bond acceptors (Lipinski definition) is 0.